The van der Waals surface area contributed by atoms with Crippen LogP contribution in [-0.2, 0) is 4.74 Å². The number of nitrogens with zero attached hydrogens (tertiary/aromatic N) is 1. The molecule has 0 radical (unpaired) electrons. The maximum atomic E-state index is 11.9. The summed E-state index contributed by atoms with van der Waals surface area (Å²) in [6.45, 7) is 0.149. The molecule has 0 unspecified atom stereocenters. The van der Waals surface area contributed by atoms with Gasteiger partial charge in [0.2, 0.25) is 0 Å². The van der Waals surface area contributed by atoms with Crippen molar-refractivity contribution in [1.29, 1.82) is 5.26 Å². The summed E-state index contributed by atoms with van der Waals surface area (Å²) in [6, 6.07) is 8.73. The molecule has 1 fully saturated rings. The van der Waals surface area contributed by atoms with Crippen LogP contribution < -0.4 is 0 Å². The van der Waals surface area contributed by atoms with Gasteiger partial charge >= 0.3 is 0 Å². The highest BCUT2D eigenvalue weighted by molar-refractivity contribution is 5.97. The van der Waals surface area contributed by atoms with Crippen LogP contribution in [0.4, 0.5) is 0 Å². The van der Waals surface area contributed by atoms with Gasteiger partial charge in [-0.2, -0.15) is 5.26 Å². The predicted octanol–water partition coefficient (Wildman–Crippen LogP) is 3.09. The van der Waals surface area contributed by atoms with Gasteiger partial charge in [-0.1, -0.05) is 31.4 Å². The van der Waals surface area contributed by atoms with Crippen molar-refractivity contribution in [2.45, 2.75) is 38.2 Å². The Labute approximate surface area is 107 Å². The fourth-order valence-electron chi connectivity index (χ4n) is 2.24. The third-order valence-corrected chi connectivity index (χ3v) is 3.34. The highest BCUT2D eigenvalue weighted by Crippen LogP contribution is 2.20. The molecule has 3 heteroatoms. The number of benzene rings is 1. The molecule has 0 N–H and O–H groups in total. The van der Waals surface area contributed by atoms with Crippen LogP contribution in [0.5, 0.6) is 0 Å². The number of nitriles is 1. The van der Waals surface area contributed by atoms with Gasteiger partial charge in [0.05, 0.1) is 17.7 Å². The molecule has 3 nitrogen and oxygen atoms in total. The molecule has 0 saturated heterocycles. The van der Waals surface area contributed by atoms with Gasteiger partial charge in [-0.15, -0.1) is 0 Å². The molecule has 0 heterocycles. The van der Waals surface area contributed by atoms with Gasteiger partial charge < -0.3 is 4.74 Å². The largest absolute Gasteiger partial charge is 0.370 e. The SMILES string of the molecule is N#Cc1ccc(C(=O)COC2CCCCC2)cc1. The van der Waals surface area contributed by atoms with E-state index in [9.17, 15) is 4.79 Å². The highest BCUT2D eigenvalue weighted by atomic mass is 16.5. The summed E-state index contributed by atoms with van der Waals surface area (Å²) in [4.78, 5) is 11.9. The van der Waals surface area contributed by atoms with Crippen LogP contribution >= 0.6 is 0 Å². The normalized spacial score (nSPS) is 16.2. The molecule has 1 aliphatic carbocycles. The molecule has 0 amide bonds. The van der Waals surface area contributed by atoms with Gasteiger partial charge in [0.25, 0.3) is 0 Å². The van der Waals surface area contributed by atoms with Crippen molar-refractivity contribution in [1.82, 2.24) is 0 Å². The van der Waals surface area contributed by atoms with E-state index in [0.29, 0.717) is 11.1 Å². The third-order valence-electron chi connectivity index (χ3n) is 3.34. The number of rotatable bonds is 4. The molecule has 1 saturated carbocycles. The molecule has 1 aromatic carbocycles. The minimum absolute atomic E-state index is 0.00920. The van der Waals surface area contributed by atoms with E-state index in [4.69, 9.17) is 10.00 Å². The third kappa shape index (κ3) is 3.41. The Bertz CT molecular complexity index is 439. The molecule has 1 aromatic rings. The molecule has 0 bridgehead atoms. The van der Waals surface area contributed by atoms with E-state index in [1.807, 2.05) is 6.07 Å². The topological polar surface area (TPSA) is 50.1 Å². The lowest BCUT2D eigenvalue weighted by Crippen LogP contribution is -2.20. The number of ether oxygens (including phenoxy) is 1. The Morgan fingerprint density at radius 2 is 1.89 bits per heavy atom. The van der Waals surface area contributed by atoms with Crippen molar-refractivity contribution in [3.63, 3.8) is 0 Å². The Morgan fingerprint density at radius 1 is 1.22 bits per heavy atom. The minimum Gasteiger partial charge on any atom is -0.370 e. The number of ketones is 1. The summed E-state index contributed by atoms with van der Waals surface area (Å²) in [5, 5.41) is 8.68. The molecular weight excluding hydrogens is 226 g/mol. The smallest absolute Gasteiger partial charge is 0.188 e. The van der Waals surface area contributed by atoms with Crippen LogP contribution in [0.3, 0.4) is 0 Å². The van der Waals surface area contributed by atoms with Gasteiger partial charge in [0.1, 0.15) is 6.61 Å². The second-order valence-corrected chi connectivity index (χ2v) is 4.68. The molecule has 18 heavy (non-hydrogen) atoms. The number of hydrogen-bond acceptors (Lipinski definition) is 3. The zero-order valence-corrected chi connectivity index (χ0v) is 10.4. The van der Waals surface area contributed by atoms with E-state index in [1.165, 1.54) is 19.3 Å². The monoisotopic (exact) mass is 243 g/mol. The lowest BCUT2D eigenvalue weighted by Gasteiger charge is -2.21. The molecule has 0 atom stereocenters. The van der Waals surface area contributed by atoms with E-state index in [1.54, 1.807) is 24.3 Å². The summed E-state index contributed by atoms with van der Waals surface area (Å²) in [7, 11) is 0. The van der Waals surface area contributed by atoms with Crippen molar-refractivity contribution >= 4 is 5.78 Å². The first-order chi connectivity index (χ1) is 8.79. The molecule has 0 aliphatic heterocycles. The fourth-order valence-corrected chi connectivity index (χ4v) is 2.24. The van der Waals surface area contributed by atoms with Crippen LogP contribution in [0.25, 0.3) is 0 Å². The van der Waals surface area contributed by atoms with E-state index in [-0.39, 0.29) is 18.5 Å². The molecule has 94 valence electrons. The van der Waals surface area contributed by atoms with Crippen LogP contribution in [0.15, 0.2) is 24.3 Å². The maximum Gasteiger partial charge on any atom is 0.188 e. The van der Waals surface area contributed by atoms with Gasteiger partial charge in [-0.3, -0.25) is 4.79 Å². The maximum absolute atomic E-state index is 11.9. The molecule has 1 aliphatic rings. The quantitative estimate of drug-likeness (QED) is 0.763. The van der Waals surface area contributed by atoms with Gasteiger partial charge in [-0.05, 0) is 25.0 Å². The van der Waals surface area contributed by atoms with Crippen molar-refractivity contribution in [3.8, 4) is 6.07 Å². The number of carbonyl (C=O) groups is 1. The Balaban J connectivity index is 1.85. The lowest BCUT2D eigenvalue weighted by molar-refractivity contribution is 0.0284. The van der Waals surface area contributed by atoms with Crippen LogP contribution in [0.2, 0.25) is 0 Å². The first-order valence-electron chi connectivity index (χ1n) is 6.44. The first-order valence-corrected chi connectivity index (χ1v) is 6.44. The van der Waals surface area contributed by atoms with Crippen LogP contribution in [0, 0.1) is 11.3 Å². The fraction of sp³-hybridized carbons (Fsp3) is 0.467. The Hall–Kier alpha value is -1.66. The molecule has 0 spiro atoms. The summed E-state index contributed by atoms with van der Waals surface area (Å²) in [5.41, 5.74) is 1.18. The van der Waals surface area contributed by atoms with E-state index in [2.05, 4.69) is 0 Å². The molecule has 2 rings (SSSR count). The Kier molecular flexibility index (Phi) is 4.49. The van der Waals surface area contributed by atoms with Gasteiger partial charge in [0.15, 0.2) is 5.78 Å². The molecule has 0 aromatic heterocycles. The summed E-state index contributed by atoms with van der Waals surface area (Å²) in [5.74, 6) is -0.00920. The van der Waals surface area contributed by atoms with Crippen LogP contribution in [-0.4, -0.2) is 18.5 Å². The number of hydrogen-bond donors (Lipinski definition) is 0. The van der Waals surface area contributed by atoms with Crippen molar-refractivity contribution in [2.24, 2.45) is 0 Å². The highest BCUT2D eigenvalue weighted by Gasteiger charge is 2.15. The summed E-state index contributed by atoms with van der Waals surface area (Å²) in [6.07, 6.45) is 6.08. The first kappa shape index (κ1) is 12.8. The predicted molar refractivity (Wildman–Crippen MR) is 68.3 cm³/mol. The van der Waals surface area contributed by atoms with E-state index in [0.717, 1.165) is 12.8 Å². The van der Waals surface area contributed by atoms with E-state index >= 15 is 0 Å². The zero-order chi connectivity index (χ0) is 12.8. The summed E-state index contributed by atoms with van der Waals surface area (Å²) >= 11 is 0. The number of Topliss-reactive ketones (excluding diaryl/α,β-unsaturated/α-hetero) is 1. The van der Waals surface area contributed by atoms with Crippen molar-refractivity contribution < 1.29 is 9.53 Å². The van der Waals surface area contributed by atoms with Crippen molar-refractivity contribution in [3.05, 3.63) is 35.4 Å². The van der Waals surface area contributed by atoms with Crippen LogP contribution in [0.1, 0.15) is 48.0 Å². The van der Waals surface area contributed by atoms with Gasteiger partial charge in [0, 0.05) is 5.56 Å². The standard InChI is InChI=1S/C15H17NO2/c16-10-12-6-8-13(9-7-12)15(17)11-18-14-4-2-1-3-5-14/h6-9,14H,1-5,11H2. The average Bonchev–Trinajstić information content (AvgIpc) is 2.46. The number of carbonyl (C=O) groups excluding carboxylic acids is 1. The lowest BCUT2D eigenvalue weighted by atomic mass is 9.98. The zero-order valence-electron chi connectivity index (χ0n) is 10.4. The van der Waals surface area contributed by atoms with Crippen molar-refractivity contribution in [2.75, 3.05) is 6.61 Å². The summed E-state index contributed by atoms with van der Waals surface area (Å²) < 4.78 is 5.64. The van der Waals surface area contributed by atoms with E-state index < -0.39 is 0 Å². The second-order valence-electron chi connectivity index (χ2n) is 4.68. The van der Waals surface area contributed by atoms with Gasteiger partial charge in [-0.25, -0.2) is 0 Å². The second kappa shape index (κ2) is 6.32. The average molecular weight is 243 g/mol. The minimum atomic E-state index is -0.00920. The molecular formula is C15H17NO2. The Morgan fingerprint density at radius 3 is 2.50 bits per heavy atom.